The zero-order valence-electron chi connectivity index (χ0n) is 38.4. The van der Waals surface area contributed by atoms with Crippen LogP contribution in [0.2, 0.25) is 5.02 Å². The Labute approximate surface area is 473 Å². The van der Waals surface area contributed by atoms with Crippen LogP contribution in [-0.4, -0.2) is 61.9 Å². The summed E-state index contributed by atoms with van der Waals surface area (Å²) in [7, 11) is -20.0. The van der Waals surface area contributed by atoms with Gasteiger partial charge in [-0.1, -0.05) is 53.3 Å². The number of fused-ring (bicyclic) bond motifs is 2. The molecule has 0 saturated heterocycles. The Morgan fingerprint density at radius 3 is 1.71 bits per heavy atom. The zero-order chi connectivity index (χ0) is 49.6. The standard InChI is InChI=1S/C42H28ClN9O12S5.4Li/c1-22-34(21-44)39(45-27-9-13-30(14-10-27)66(53,54)55)48-40(46-28-11-15-31(16-12-28)67(56,57)58)37(22)50-52-42-47-38(25-6-5-24-18-26(43)8-7-23(24)17-25)41(65-42)51-49-29-19-33-32(36(20-29)69(62,63)64)3-2-4-35(33)68(59,60)61;;;;/h2-20H,1H3,(H2,45,46,48)(H,53,54,55)(H,56,57,58)(H,59,60,61)(H,62,63,64);;;;/q;4*+1/p-4. The van der Waals surface area contributed by atoms with Crippen LogP contribution in [0.15, 0.2) is 155 Å². The number of aromatic nitrogens is 2. The first-order valence-electron chi connectivity index (χ1n) is 19.1. The molecule has 0 aliphatic rings. The van der Waals surface area contributed by atoms with Crippen molar-refractivity contribution >= 4 is 129 Å². The molecule has 350 valence electrons. The molecular weight excluding hydrogens is 1050 g/mol. The Kier molecular flexibility index (Phi) is 19.8. The van der Waals surface area contributed by atoms with Gasteiger partial charge in [-0.3, -0.25) is 0 Å². The Bertz CT molecular complexity index is 4020. The number of halogens is 1. The van der Waals surface area contributed by atoms with Gasteiger partial charge in [0.1, 0.15) is 57.9 Å². The van der Waals surface area contributed by atoms with Gasteiger partial charge in [0.15, 0.2) is 16.6 Å². The SMILES string of the molecule is Cc1c(C#N)c(Nc2ccc(S(=O)(=O)[O-])cc2)nc(Nc2ccc(S(=O)(=O)[O-])cc2)c1N=Nc1nc(-c2ccc3cc(Cl)ccc3c2)c(N=Nc2cc(S(=O)(=O)[O-])c3cccc(S(=O)(=O)[O-])c3c2)s1.[Li+].[Li+].[Li+].[Li+]. The third-order valence-corrected chi connectivity index (χ3v) is 14.5. The van der Waals surface area contributed by atoms with Crippen molar-refractivity contribution in [3.63, 3.8) is 0 Å². The normalized spacial score (nSPS) is 11.8. The van der Waals surface area contributed by atoms with E-state index in [1.54, 1.807) is 36.4 Å². The second-order valence-corrected chi connectivity index (χ2v) is 21.3. The van der Waals surface area contributed by atoms with Gasteiger partial charge in [0, 0.05) is 38.3 Å². The third-order valence-electron chi connectivity index (χ3n) is 9.95. The number of nitriles is 1. The van der Waals surface area contributed by atoms with Crippen LogP contribution < -0.4 is 86.1 Å². The predicted molar refractivity (Wildman–Crippen MR) is 247 cm³/mol. The average Bonchev–Trinajstić information content (AvgIpc) is 3.69. The molecule has 2 N–H and O–H groups in total. The number of thiazole rings is 1. The molecule has 0 aliphatic carbocycles. The second kappa shape index (κ2) is 23.8. The van der Waals surface area contributed by atoms with Crippen molar-refractivity contribution in [2.24, 2.45) is 20.5 Å². The molecule has 0 spiro atoms. The second-order valence-electron chi connectivity index (χ2n) is 14.4. The first kappa shape index (κ1) is 60.8. The molecule has 0 fully saturated rings. The van der Waals surface area contributed by atoms with E-state index in [2.05, 4.69) is 41.1 Å². The predicted octanol–water partition coefficient (Wildman–Crippen LogP) is -2.70. The van der Waals surface area contributed by atoms with Gasteiger partial charge in [-0.25, -0.2) is 43.6 Å². The van der Waals surface area contributed by atoms with Crippen LogP contribution in [0, 0.1) is 18.3 Å². The van der Waals surface area contributed by atoms with Gasteiger partial charge in [0.25, 0.3) is 0 Å². The molecular formula is C42H24ClLi4N9O12S5. The molecule has 0 atom stereocenters. The van der Waals surface area contributed by atoms with Gasteiger partial charge < -0.3 is 28.8 Å². The maximum atomic E-state index is 12.4. The molecule has 2 heterocycles. The molecule has 8 aromatic rings. The van der Waals surface area contributed by atoms with Crippen molar-refractivity contribution in [2.45, 2.75) is 26.5 Å². The topological polar surface area (TPSA) is 352 Å². The van der Waals surface area contributed by atoms with Gasteiger partial charge in [0.2, 0.25) is 5.13 Å². The summed E-state index contributed by atoms with van der Waals surface area (Å²) in [6.07, 6.45) is 0. The van der Waals surface area contributed by atoms with E-state index in [1.807, 2.05) is 6.07 Å². The van der Waals surface area contributed by atoms with Crippen LogP contribution in [0.25, 0.3) is 32.8 Å². The molecule has 0 saturated carbocycles. The Morgan fingerprint density at radius 1 is 0.589 bits per heavy atom. The quantitative estimate of drug-likeness (QED) is 0.0674. The van der Waals surface area contributed by atoms with E-state index in [0.29, 0.717) is 10.6 Å². The average molecular weight is 1070 g/mol. The summed E-state index contributed by atoms with van der Waals surface area (Å²) in [6, 6.07) is 26.8. The van der Waals surface area contributed by atoms with Crippen LogP contribution in [0.1, 0.15) is 11.1 Å². The first-order chi connectivity index (χ1) is 32.5. The molecule has 73 heavy (non-hydrogen) atoms. The Hall–Kier alpha value is -4.77. The maximum absolute atomic E-state index is 12.4. The zero-order valence-corrected chi connectivity index (χ0v) is 43.3. The summed E-state index contributed by atoms with van der Waals surface area (Å²) in [4.78, 5) is 6.48. The third kappa shape index (κ3) is 13.9. The van der Waals surface area contributed by atoms with Gasteiger partial charge in [-0.15, -0.1) is 20.5 Å². The minimum Gasteiger partial charge on any atom is -0.744 e. The summed E-state index contributed by atoms with van der Waals surface area (Å²) in [5, 5.41) is 34.6. The van der Waals surface area contributed by atoms with Crippen molar-refractivity contribution < 1.29 is 127 Å². The van der Waals surface area contributed by atoms with Crippen molar-refractivity contribution in [3.05, 3.63) is 131 Å². The molecule has 2 aromatic heterocycles. The molecule has 31 heteroatoms. The molecule has 0 aliphatic heterocycles. The van der Waals surface area contributed by atoms with E-state index in [9.17, 15) is 57.1 Å². The van der Waals surface area contributed by atoms with Crippen LogP contribution in [0.3, 0.4) is 0 Å². The van der Waals surface area contributed by atoms with Crippen molar-refractivity contribution in [2.75, 3.05) is 10.6 Å². The van der Waals surface area contributed by atoms with Crippen LogP contribution in [0.4, 0.5) is 44.5 Å². The number of anilines is 4. The summed E-state index contributed by atoms with van der Waals surface area (Å²) < 4.78 is 143. The minimum atomic E-state index is -5.26. The fourth-order valence-corrected chi connectivity index (χ4v) is 10.0. The molecule has 6 aromatic carbocycles. The van der Waals surface area contributed by atoms with Gasteiger partial charge >= 0.3 is 75.4 Å². The van der Waals surface area contributed by atoms with Crippen LogP contribution in [-0.2, 0) is 40.5 Å². The number of azo groups is 2. The maximum Gasteiger partial charge on any atom is 1.00 e. The van der Waals surface area contributed by atoms with Gasteiger partial charge in [0.05, 0.1) is 30.8 Å². The molecule has 21 nitrogen and oxygen atoms in total. The van der Waals surface area contributed by atoms with Crippen LogP contribution >= 0.6 is 22.9 Å². The summed E-state index contributed by atoms with van der Waals surface area (Å²) in [6.45, 7) is 1.50. The van der Waals surface area contributed by atoms with E-state index in [-0.39, 0.29) is 142 Å². The van der Waals surface area contributed by atoms with E-state index < -0.39 is 65.4 Å². The smallest absolute Gasteiger partial charge is 0.744 e. The van der Waals surface area contributed by atoms with Crippen molar-refractivity contribution in [1.29, 1.82) is 5.26 Å². The number of rotatable bonds is 13. The molecule has 0 unspecified atom stereocenters. The van der Waals surface area contributed by atoms with Gasteiger partial charge in [-0.2, -0.15) is 5.26 Å². The van der Waals surface area contributed by atoms with Crippen LogP contribution in [0.5, 0.6) is 0 Å². The van der Waals surface area contributed by atoms with E-state index in [1.165, 1.54) is 31.2 Å². The monoisotopic (exact) mass is 1070 g/mol. The van der Waals surface area contributed by atoms with Crippen molar-refractivity contribution in [3.8, 4) is 17.3 Å². The number of nitrogens with zero attached hydrogens (tertiary/aromatic N) is 7. The summed E-state index contributed by atoms with van der Waals surface area (Å²) in [5.41, 5.74) is 0.750. The number of nitrogens with one attached hydrogen (secondary N) is 2. The van der Waals surface area contributed by atoms with E-state index in [0.717, 1.165) is 76.7 Å². The molecule has 0 amide bonds. The number of hydrogen-bond donors (Lipinski definition) is 2. The fourth-order valence-electron chi connectivity index (χ4n) is 6.77. The molecule has 8 rings (SSSR count). The fraction of sp³-hybridized carbons (Fsp3) is 0.0238. The van der Waals surface area contributed by atoms with E-state index >= 15 is 0 Å². The largest absolute Gasteiger partial charge is 1.00 e. The first-order valence-corrected chi connectivity index (χ1v) is 25.9. The number of pyridine rings is 1. The summed E-state index contributed by atoms with van der Waals surface area (Å²) >= 11 is 7.02. The van der Waals surface area contributed by atoms with Gasteiger partial charge in [-0.05, 0) is 103 Å². The van der Waals surface area contributed by atoms with Crippen molar-refractivity contribution in [1.82, 2.24) is 9.97 Å². The number of hydrogen-bond acceptors (Lipinski definition) is 22. The molecule has 0 bridgehead atoms. The number of benzene rings is 6. The Morgan fingerprint density at radius 2 is 1.15 bits per heavy atom. The molecule has 0 radical (unpaired) electrons. The summed E-state index contributed by atoms with van der Waals surface area (Å²) in [5.74, 6) is -0.162. The van der Waals surface area contributed by atoms with E-state index in [4.69, 9.17) is 11.6 Å². The Balaban J connectivity index is 0.00000289. The minimum absolute atomic E-state index is 0.